The van der Waals surface area contributed by atoms with Gasteiger partial charge in [-0.05, 0) is 30.5 Å². The summed E-state index contributed by atoms with van der Waals surface area (Å²) in [7, 11) is 1.10. The zero-order valence-electron chi connectivity index (χ0n) is 20.3. The average molecular weight is 544 g/mol. The normalized spacial score (nSPS) is 18.2. The Labute approximate surface area is 219 Å². The van der Waals surface area contributed by atoms with Gasteiger partial charge in [-0.15, -0.1) is 0 Å². The van der Waals surface area contributed by atoms with Crippen LogP contribution in [0.25, 0.3) is 0 Å². The third kappa shape index (κ3) is 7.84. The van der Waals surface area contributed by atoms with Crippen LogP contribution >= 0.6 is 23.2 Å². The summed E-state index contributed by atoms with van der Waals surface area (Å²) in [6.45, 7) is 3.31. The van der Waals surface area contributed by atoms with E-state index in [2.05, 4.69) is 20.7 Å². The van der Waals surface area contributed by atoms with Crippen molar-refractivity contribution in [1.82, 2.24) is 16.0 Å². The third-order valence-electron chi connectivity index (χ3n) is 5.30. The molecule has 1 aliphatic rings. The molecule has 3 amide bonds. The van der Waals surface area contributed by atoms with Crippen LogP contribution in [-0.2, 0) is 33.2 Å². The zero-order valence-corrected chi connectivity index (χ0v) is 21.8. The molecule has 0 aliphatic carbocycles. The molecule has 196 valence electrons. The number of halogens is 2. The molecular formula is C22H28BCl2N3O8. The van der Waals surface area contributed by atoms with E-state index in [0.29, 0.717) is 11.4 Å². The van der Waals surface area contributed by atoms with Crippen molar-refractivity contribution in [3.63, 3.8) is 0 Å². The summed E-state index contributed by atoms with van der Waals surface area (Å²) < 4.78 is 15.8. The largest absolute Gasteiger partial charge is 0.552 e. The molecule has 1 heterocycles. The maximum absolute atomic E-state index is 12.7. The van der Waals surface area contributed by atoms with E-state index in [-0.39, 0.29) is 16.5 Å². The number of hydrogen-bond acceptors (Lipinski definition) is 8. The Morgan fingerprint density at radius 2 is 1.92 bits per heavy atom. The van der Waals surface area contributed by atoms with Gasteiger partial charge in [0.1, 0.15) is 0 Å². The van der Waals surface area contributed by atoms with Crippen molar-refractivity contribution in [1.29, 1.82) is 0 Å². The minimum Gasteiger partial charge on any atom is -0.508 e. The quantitative estimate of drug-likeness (QED) is 0.295. The molecule has 1 saturated heterocycles. The topological polar surface area (TPSA) is 149 Å². The first kappa shape index (κ1) is 29.4. The average Bonchev–Trinajstić information content (AvgIpc) is 2.82. The molecule has 14 heteroatoms. The number of benzene rings is 1. The Balaban J connectivity index is 2.18. The van der Waals surface area contributed by atoms with Gasteiger partial charge in [0.2, 0.25) is 5.91 Å². The lowest BCUT2D eigenvalue weighted by atomic mass is 9.70. The molecule has 2 rings (SSSR count). The van der Waals surface area contributed by atoms with Crippen LogP contribution in [0.4, 0.5) is 0 Å². The van der Waals surface area contributed by atoms with Crippen LogP contribution in [0.3, 0.4) is 0 Å². The Morgan fingerprint density at radius 1 is 1.22 bits per heavy atom. The van der Waals surface area contributed by atoms with E-state index in [0.717, 1.165) is 7.11 Å². The third-order valence-corrected chi connectivity index (χ3v) is 5.87. The summed E-state index contributed by atoms with van der Waals surface area (Å²) in [6, 6.07) is 4.35. The highest BCUT2D eigenvalue weighted by Crippen LogP contribution is 2.30. The summed E-state index contributed by atoms with van der Waals surface area (Å²) in [6.07, 6.45) is -0.759. The van der Waals surface area contributed by atoms with E-state index >= 15 is 0 Å². The van der Waals surface area contributed by atoms with Crippen molar-refractivity contribution in [3.8, 4) is 0 Å². The summed E-state index contributed by atoms with van der Waals surface area (Å²) in [5.74, 6) is -4.38. The fourth-order valence-corrected chi connectivity index (χ4v) is 4.01. The van der Waals surface area contributed by atoms with Crippen LogP contribution in [0, 0.1) is 5.92 Å². The maximum atomic E-state index is 12.7. The molecule has 1 fully saturated rings. The zero-order chi connectivity index (χ0) is 27.0. The van der Waals surface area contributed by atoms with Gasteiger partial charge in [0.25, 0.3) is 17.8 Å². The lowest BCUT2D eigenvalue weighted by Crippen LogP contribution is -2.63. The van der Waals surface area contributed by atoms with Crippen LogP contribution < -0.4 is 16.0 Å². The van der Waals surface area contributed by atoms with Gasteiger partial charge < -0.3 is 30.0 Å². The fourth-order valence-electron chi connectivity index (χ4n) is 3.64. The monoisotopic (exact) mass is 543 g/mol. The molecule has 0 bridgehead atoms. The van der Waals surface area contributed by atoms with Gasteiger partial charge in [0.15, 0.2) is 5.60 Å². The molecule has 0 saturated carbocycles. The van der Waals surface area contributed by atoms with Gasteiger partial charge in [0, 0.05) is 12.1 Å². The van der Waals surface area contributed by atoms with Crippen LogP contribution in [0.2, 0.25) is 10.0 Å². The molecule has 11 nitrogen and oxygen atoms in total. The summed E-state index contributed by atoms with van der Waals surface area (Å²) >= 11 is 11.9. The molecular weight excluding hydrogens is 516 g/mol. The van der Waals surface area contributed by atoms with Crippen molar-refractivity contribution in [2.45, 2.75) is 44.7 Å². The number of carbonyl (C=O) groups excluding carboxylic acids is 5. The van der Waals surface area contributed by atoms with Crippen molar-refractivity contribution in [2.24, 2.45) is 5.92 Å². The van der Waals surface area contributed by atoms with Gasteiger partial charge in [-0.3, -0.25) is 24.0 Å². The Morgan fingerprint density at radius 3 is 2.53 bits per heavy atom. The number of amides is 3. The summed E-state index contributed by atoms with van der Waals surface area (Å²) in [4.78, 5) is 62.2. The Hall–Kier alpha value is -2.83. The van der Waals surface area contributed by atoms with E-state index in [1.165, 1.54) is 25.2 Å². The minimum absolute atomic E-state index is 0.00870. The van der Waals surface area contributed by atoms with Crippen LogP contribution in [0.15, 0.2) is 18.2 Å². The molecule has 1 aliphatic heterocycles. The molecule has 0 radical (unpaired) electrons. The fraction of sp³-hybridized carbons (Fsp3) is 0.500. The highest BCUT2D eigenvalue weighted by Gasteiger charge is 2.54. The number of rotatable bonds is 10. The molecule has 1 aromatic carbocycles. The van der Waals surface area contributed by atoms with Crippen molar-refractivity contribution in [2.75, 3.05) is 20.7 Å². The minimum atomic E-state index is -1.88. The number of methoxy groups -OCH3 is 1. The predicted molar refractivity (Wildman–Crippen MR) is 131 cm³/mol. The molecule has 1 aromatic rings. The SMILES string of the molecule is CNC(=O)[C@@]1(CC(=O)OC)CC(=O)OB([C@H](CC(C)C)NC(=O)CNC(=O)c2cc(Cl)ccc2Cl)O1. The molecule has 0 spiro atoms. The summed E-state index contributed by atoms with van der Waals surface area (Å²) in [5.41, 5.74) is -1.78. The van der Waals surface area contributed by atoms with E-state index in [1.807, 2.05) is 13.8 Å². The van der Waals surface area contributed by atoms with E-state index < -0.39 is 67.7 Å². The summed E-state index contributed by atoms with van der Waals surface area (Å²) in [5, 5.41) is 7.97. The van der Waals surface area contributed by atoms with Gasteiger partial charge in [-0.25, -0.2) is 0 Å². The Kier molecular flexibility index (Phi) is 10.6. The van der Waals surface area contributed by atoms with Crippen molar-refractivity contribution >= 4 is 60.0 Å². The predicted octanol–water partition coefficient (Wildman–Crippen LogP) is 1.29. The highest BCUT2D eigenvalue weighted by atomic mass is 35.5. The smallest absolute Gasteiger partial charge is 0.508 e. The molecule has 3 N–H and O–H groups in total. The maximum Gasteiger partial charge on any atom is 0.552 e. The molecule has 0 aromatic heterocycles. The first-order valence-corrected chi connectivity index (χ1v) is 11.8. The van der Waals surface area contributed by atoms with Gasteiger partial charge in [-0.2, -0.15) is 0 Å². The van der Waals surface area contributed by atoms with Gasteiger partial charge in [-0.1, -0.05) is 37.0 Å². The highest BCUT2D eigenvalue weighted by molar-refractivity contribution is 6.50. The lowest BCUT2D eigenvalue weighted by Gasteiger charge is -2.39. The first-order valence-electron chi connectivity index (χ1n) is 11.1. The second-order valence-corrected chi connectivity index (χ2v) is 9.43. The number of hydrogen-bond donors (Lipinski definition) is 3. The van der Waals surface area contributed by atoms with Crippen LogP contribution in [0.1, 0.15) is 43.5 Å². The van der Waals surface area contributed by atoms with Crippen LogP contribution in [0.5, 0.6) is 0 Å². The van der Waals surface area contributed by atoms with Crippen molar-refractivity contribution < 1.29 is 38.0 Å². The molecule has 36 heavy (non-hydrogen) atoms. The lowest BCUT2D eigenvalue weighted by molar-refractivity contribution is -0.165. The van der Waals surface area contributed by atoms with E-state index in [1.54, 1.807) is 0 Å². The van der Waals surface area contributed by atoms with Crippen LogP contribution in [-0.4, -0.2) is 69.0 Å². The second-order valence-electron chi connectivity index (χ2n) is 8.59. The Bertz CT molecular complexity index is 1030. The number of likely N-dealkylation sites (N-methyl/N-ethyl adjacent to an activating group) is 1. The van der Waals surface area contributed by atoms with Crippen molar-refractivity contribution in [3.05, 3.63) is 33.8 Å². The van der Waals surface area contributed by atoms with E-state index in [9.17, 15) is 24.0 Å². The second kappa shape index (κ2) is 12.9. The van der Waals surface area contributed by atoms with Gasteiger partial charge in [0.05, 0.1) is 43.0 Å². The number of ether oxygens (including phenoxy) is 1. The molecule has 2 atom stereocenters. The standard InChI is InChI=1S/C22H28BCl2N3O8/c1-12(2)7-16(28-17(29)11-27-20(32)14-8-13(24)5-6-15(14)25)23-35-19(31)10-22(36-23,21(33)26-3)9-18(30)34-4/h5-6,8,12,16H,7,9-11H2,1-4H3,(H,26,33)(H,27,32)(H,28,29)/t16-,22+/m0/s1. The number of carbonyl (C=O) groups is 5. The number of esters is 1. The first-order chi connectivity index (χ1) is 16.9. The number of nitrogens with one attached hydrogen (secondary N) is 3. The van der Waals surface area contributed by atoms with Gasteiger partial charge >= 0.3 is 13.1 Å². The van der Waals surface area contributed by atoms with E-state index in [4.69, 9.17) is 32.5 Å². The molecule has 0 unspecified atom stereocenters.